The lowest BCUT2D eigenvalue weighted by Crippen LogP contribution is -2.12. The maximum atomic E-state index is 11.2. The van der Waals surface area contributed by atoms with Crippen molar-refractivity contribution in [2.45, 2.75) is 0 Å². The summed E-state index contributed by atoms with van der Waals surface area (Å²) in [4.78, 5) is 15.6. The van der Waals surface area contributed by atoms with Crippen LogP contribution in [0.4, 0.5) is 11.6 Å². The topological polar surface area (TPSA) is 96.7 Å². The van der Waals surface area contributed by atoms with Gasteiger partial charge in [0, 0.05) is 16.6 Å². The summed E-state index contributed by atoms with van der Waals surface area (Å²) < 4.78 is 0. The molecule has 0 saturated carbocycles. The van der Waals surface area contributed by atoms with Gasteiger partial charge in [0.05, 0.1) is 5.52 Å². The van der Waals surface area contributed by atoms with Crippen molar-refractivity contribution < 1.29 is 4.79 Å². The van der Waals surface area contributed by atoms with E-state index in [-0.39, 0.29) is 5.56 Å². The van der Waals surface area contributed by atoms with E-state index in [1.807, 2.05) is 18.2 Å². The first-order chi connectivity index (χ1) is 9.63. The first kappa shape index (κ1) is 12.4. The third-order valence-electron chi connectivity index (χ3n) is 2.80. The van der Waals surface area contributed by atoms with Gasteiger partial charge in [0.2, 0.25) is 0 Å². The van der Waals surface area contributed by atoms with Crippen molar-refractivity contribution in [3.8, 4) is 0 Å². The van der Waals surface area contributed by atoms with Gasteiger partial charge in [-0.25, -0.2) is 4.98 Å². The number of carbonyl (C=O) groups excluding carboxylic acids is 1. The number of fused-ring (bicyclic) bond motifs is 1. The predicted molar refractivity (Wildman–Crippen MR) is 77.1 cm³/mol. The molecule has 0 radical (unpaired) electrons. The summed E-state index contributed by atoms with van der Waals surface area (Å²) >= 11 is 5.92. The Kier molecular flexibility index (Phi) is 3.00. The van der Waals surface area contributed by atoms with Crippen molar-refractivity contribution in [2.24, 2.45) is 5.73 Å². The van der Waals surface area contributed by atoms with Gasteiger partial charge in [-0.2, -0.15) is 5.10 Å². The highest BCUT2D eigenvalue weighted by molar-refractivity contribution is 6.31. The first-order valence-electron chi connectivity index (χ1n) is 5.80. The number of hydrogen-bond acceptors (Lipinski definition) is 4. The van der Waals surface area contributed by atoms with Gasteiger partial charge in [0.15, 0.2) is 5.82 Å². The van der Waals surface area contributed by atoms with Crippen LogP contribution in [0.5, 0.6) is 0 Å². The lowest BCUT2D eigenvalue weighted by molar-refractivity contribution is 0.100. The Morgan fingerprint density at radius 1 is 1.30 bits per heavy atom. The summed E-state index contributed by atoms with van der Waals surface area (Å²) in [5.74, 6) is 0.349. The van der Waals surface area contributed by atoms with Crippen molar-refractivity contribution in [3.63, 3.8) is 0 Å². The fourth-order valence-corrected chi connectivity index (χ4v) is 2.04. The third-order valence-corrected chi connectivity index (χ3v) is 3.04. The maximum absolute atomic E-state index is 11.2. The highest BCUT2D eigenvalue weighted by atomic mass is 35.5. The van der Waals surface area contributed by atoms with Crippen LogP contribution in [0.1, 0.15) is 10.4 Å². The Hall–Kier alpha value is -2.60. The number of anilines is 2. The molecule has 2 heterocycles. The molecule has 0 fully saturated rings. The van der Waals surface area contributed by atoms with Gasteiger partial charge < -0.3 is 11.1 Å². The van der Waals surface area contributed by atoms with Crippen molar-refractivity contribution in [3.05, 3.63) is 47.1 Å². The number of primary amides is 1. The molecule has 100 valence electrons. The fourth-order valence-electron chi connectivity index (χ4n) is 1.86. The molecular formula is C13H10ClN5O. The van der Waals surface area contributed by atoms with E-state index in [0.717, 1.165) is 10.9 Å². The van der Waals surface area contributed by atoms with Crippen molar-refractivity contribution in [1.29, 1.82) is 0 Å². The number of nitrogens with one attached hydrogen (secondary N) is 2. The van der Waals surface area contributed by atoms with E-state index < -0.39 is 5.91 Å². The van der Waals surface area contributed by atoms with Crippen LogP contribution >= 0.6 is 11.6 Å². The second-order valence-electron chi connectivity index (χ2n) is 4.17. The summed E-state index contributed by atoms with van der Waals surface area (Å²) in [5.41, 5.74) is 6.31. The van der Waals surface area contributed by atoms with Crippen LogP contribution in [-0.4, -0.2) is 21.1 Å². The zero-order valence-electron chi connectivity index (χ0n) is 10.2. The molecule has 0 aliphatic carbocycles. The number of benzene rings is 1. The summed E-state index contributed by atoms with van der Waals surface area (Å²) in [6, 6.07) is 9.08. The number of rotatable bonds is 3. The highest BCUT2D eigenvalue weighted by Gasteiger charge is 2.11. The van der Waals surface area contributed by atoms with E-state index in [2.05, 4.69) is 20.5 Å². The highest BCUT2D eigenvalue weighted by Crippen LogP contribution is 2.22. The molecule has 0 aliphatic heterocycles. The van der Waals surface area contributed by atoms with Gasteiger partial charge in [0.1, 0.15) is 11.4 Å². The summed E-state index contributed by atoms with van der Waals surface area (Å²) in [5, 5.41) is 11.1. The Bertz CT molecular complexity index is 798. The second kappa shape index (κ2) is 4.82. The Labute approximate surface area is 119 Å². The van der Waals surface area contributed by atoms with Crippen LogP contribution in [0.2, 0.25) is 5.02 Å². The molecule has 6 nitrogen and oxygen atoms in total. The molecule has 3 aromatic rings. The van der Waals surface area contributed by atoms with Crippen LogP contribution in [0.15, 0.2) is 36.5 Å². The average Bonchev–Trinajstić information content (AvgIpc) is 2.87. The molecule has 0 atom stereocenters. The molecule has 7 heteroatoms. The third kappa shape index (κ3) is 2.28. The quantitative estimate of drug-likeness (QED) is 0.689. The molecule has 0 bridgehead atoms. The Morgan fingerprint density at radius 2 is 2.15 bits per heavy atom. The van der Waals surface area contributed by atoms with Crippen LogP contribution in [-0.2, 0) is 0 Å². The van der Waals surface area contributed by atoms with E-state index in [1.165, 1.54) is 6.20 Å². The van der Waals surface area contributed by atoms with Gasteiger partial charge in [0.25, 0.3) is 5.91 Å². The monoisotopic (exact) mass is 287 g/mol. The number of nitrogens with two attached hydrogens (primary N) is 1. The lowest BCUT2D eigenvalue weighted by Gasteiger charge is -2.05. The van der Waals surface area contributed by atoms with Crippen LogP contribution in [0, 0.1) is 0 Å². The molecule has 0 saturated heterocycles. The van der Waals surface area contributed by atoms with E-state index in [1.54, 1.807) is 12.1 Å². The zero-order valence-corrected chi connectivity index (χ0v) is 11.0. The Morgan fingerprint density at radius 3 is 2.95 bits per heavy atom. The summed E-state index contributed by atoms with van der Waals surface area (Å²) in [6.45, 7) is 0. The predicted octanol–water partition coefficient (Wildman–Crippen LogP) is 2.45. The summed E-state index contributed by atoms with van der Waals surface area (Å²) in [6.07, 6.45) is 1.44. The zero-order chi connectivity index (χ0) is 14.1. The van der Waals surface area contributed by atoms with Gasteiger partial charge in [-0.3, -0.25) is 9.89 Å². The van der Waals surface area contributed by atoms with Gasteiger partial charge in [-0.1, -0.05) is 11.6 Å². The molecule has 0 aliphatic rings. The van der Waals surface area contributed by atoms with E-state index in [9.17, 15) is 4.79 Å². The molecule has 20 heavy (non-hydrogen) atoms. The summed E-state index contributed by atoms with van der Waals surface area (Å²) in [7, 11) is 0. The van der Waals surface area contributed by atoms with Crippen molar-refractivity contribution in [2.75, 3.05) is 5.32 Å². The van der Waals surface area contributed by atoms with E-state index >= 15 is 0 Å². The van der Waals surface area contributed by atoms with Crippen LogP contribution in [0.3, 0.4) is 0 Å². The van der Waals surface area contributed by atoms with Gasteiger partial charge in [-0.05, 0) is 30.3 Å². The van der Waals surface area contributed by atoms with E-state index in [4.69, 9.17) is 17.3 Å². The smallest absolute Gasteiger partial charge is 0.254 e. The van der Waals surface area contributed by atoms with Gasteiger partial charge in [-0.15, -0.1) is 0 Å². The molecule has 0 unspecified atom stereocenters. The molecule has 4 N–H and O–H groups in total. The largest absolute Gasteiger partial charge is 0.365 e. The number of aromatic amines is 1. The van der Waals surface area contributed by atoms with Crippen molar-refractivity contribution >= 4 is 40.0 Å². The number of nitrogens with zero attached hydrogens (tertiary/aromatic N) is 2. The SMILES string of the molecule is NC(=O)c1c[nH]nc1Nc1ccc2cc(Cl)ccc2n1. The van der Waals surface area contributed by atoms with Crippen LogP contribution < -0.4 is 11.1 Å². The lowest BCUT2D eigenvalue weighted by atomic mass is 10.2. The maximum Gasteiger partial charge on any atom is 0.254 e. The normalized spacial score (nSPS) is 10.7. The number of carbonyl (C=O) groups is 1. The molecule has 3 rings (SSSR count). The van der Waals surface area contributed by atoms with Crippen molar-refractivity contribution in [1.82, 2.24) is 15.2 Å². The molecule has 2 aromatic heterocycles. The average molecular weight is 288 g/mol. The van der Waals surface area contributed by atoms with Crippen LogP contribution in [0.25, 0.3) is 10.9 Å². The number of pyridine rings is 1. The van der Waals surface area contributed by atoms with E-state index in [0.29, 0.717) is 16.7 Å². The second-order valence-corrected chi connectivity index (χ2v) is 4.61. The number of aromatic nitrogens is 3. The minimum atomic E-state index is -0.561. The standard InChI is InChI=1S/C13H10ClN5O/c14-8-2-3-10-7(5-8)1-4-11(17-10)18-13-9(12(15)20)6-16-19-13/h1-6H,(H2,15,20)(H2,16,17,18,19). The Balaban J connectivity index is 1.96. The molecular weight excluding hydrogens is 278 g/mol. The molecule has 0 spiro atoms. The number of halogens is 1. The molecule has 1 aromatic carbocycles. The number of hydrogen-bond donors (Lipinski definition) is 3. The number of H-pyrrole nitrogens is 1. The fraction of sp³-hybridized carbons (Fsp3) is 0. The first-order valence-corrected chi connectivity index (χ1v) is 6.18. The van der Waals surface area contributed by atoms with Gasteiger partial charge >= 0.3 is 0 Å². The number of amides is 1. The minimum absolute atomic E-state index is 0.281. The minimum Gasteiger partial charge on any atom is -0.365 e. The molecule has 1 amide bonds.